The molecule has 0 bridgehead atoms. The van der Waals surface area contributed by atoms with Crippen LogP contribution < -0.4 is 10.5 Å². The number of hydrogen-bond donors (Lipinski definition) is 2. The van der Waals surface area contributed by atoms with Gasteiger partial charge in [0.05, 0.1) is 6.61 Å². The van der Waals surface area contributed by atoms with Crippen LogP contribution in [-0.4, -0.2) is 12.4 Å². The van der Waals surface area contributed by atoms with Crippen LogP contribution in [0.5, 0.6) is 5.75 Å². The third-order valence-electron chi connectivity index (χ3n) is 3.34. The Kier molecular flexibility index (Phi) is 4.02. The fraction of sp³-hybridized carbons (Fsp3) is 0.500. The first kappa shape index (κ1) is 12.0. The molecule has 1 aromatic carbocycles. The van der Waals surface area contributed by atoms with Gasteiger partial charge in [0, 0.05) is 11.6 Å². The second-order valence-corrected chi connectivity index (χ2v) is 4.64. The minimum atomic E-state index is 0.0691. The maximum absolute atomic E-state index is 7.35. The summed E-state index contributed by atoms with van der Waals surface area (Å²) in [5.41, 5.74) is 6.12. The van der Waals surface area contributed by atoms with Crippen LogP contribution in [0, 0.1) is 17.4 Å². The number of ether oxygens (including phenoxy) is 1. The summed E-state index contributed by atoms with van der Waals surface area (Å²) in [4.78, 5) is 0. The molecule has 0 unspecified atom stereocenters. The molecule has 17 heavy (non-hydrogen) atoms. The summed E-state index contributed by atoms with van der Waals surface area (Å²) in [6.45, 7) is 0.739. The molecule has 1 saturated carbocycles. The predicted octanol–water partition coefficient (Wildman–Crippen LogP) is 2.73. The van der Waals surface area contributed by atoms with E-state index in [0.717, 1.165) is 18.9 Å². The van der Waals surface area contributed by atoms with Gasteiger partial charge in [0.15, 0.2) is 0 Å². The fourth-order valence-electron chi connectivity index (χ4n) is 2.33. The minimum absolute atomic E-state index is 0.0691. The lowest BCUT2D eigenvalue weighted by Gasteiger charge is -2.10. The summed E-state index contributed by atoms with van der Waals surface area (Å²) in [6.07, 6.45) is 6.56. The van der Waals surface area contributed by atoms with Gasteiger partial charge < -0.3 is 10.5 Å². The van der Waals surface area contributed by atoms with Gasteiger partial charge in [0.25, 0.3) is 0 Å². The van der Waals surface area contributed by atoms with Gasteiger partial charge in [-0.2, -0.15) is 0 Å². The largest absolute Gasteiger partial charge is 0.493 e. The Bertz CT molecular complexity index is 384. The van der Waals surface area contributed by atoms with Crippen molar-refractivity contribution in [2.45, 2.75) is 32.1 Å². The Hall–Kier alpha value is -1.51. The highest BCUT2D eigenvalue weighted by Crippen LogP contribution is 2.27. The molecule has 0 amide bonds. The zero-order valence-corrected chi connectivity index (χ0v) is 10.0. The molecule has 0 aliphatic heterocycles. The van der Waals surface area contributed by atoms with Crippen molar-refractivity contribution in [3.8, 4) is 5.75 Å². The third kappa shape index (κ3) is 3.48. The number of amidine groups is 1. The van der Waals surface area contributed by atoms with Crippen LogP contribution in [0.3, 0.4) is 0 Å². The molecule has 0 atom stereocenters. The number of benzene rings is 1. The Morgan fingerprint density at radius 3 is 2.94 bits per heavy atom. The molecule has 2 rings (SSSR count). The summed E-state index contributed by atoms with van der Waals surface area (Å²) in [5.74, 6) is 1.60. The molecule has 1 aliphatic carbocycles. The molecule has 0 saturated heterocycles. The van der Waals surface area contributed by atoms with Crippen LogP contribution in [0.25, 0.3) is 0 Å². The maximum atomic E-state index is 7.35. The van der Waals surface area contributed by atoms with Crippen molar-refractivity contribution in [1.82, 2.24) is 0 Å². The normalized spacial score (nSPS) is 16.0. The van der Waals surface area contributed by atoms with E-state index in [4.69, 9.17) is 15.9 Å². The molecular weight excluding hydrogens is 212 g/mol. The number of nitrogen functional groups attached to an aromatic ring is 1. The molecule has 0 aromatic heterocycles. The Balaban J connectivity index is 1.81. The van der Waals surface area contributed by atoms with Crippen LogP contribution >= 0.6 is 0 Å². The van der Waals surface area contributed by atoms with Crippen molar-refractivity contribution in [2.24, 2.45) is 11.7 Å². The molecule has 1 fully saturated rings. The summed E-state index contributed by atoms with van der Waals surface area (Å²) in [6, 6.07) is 8.31. The van der Waals surface area contributed by atoms with E-state index < -0.39 is 0 Å². The Morgan fingerprint density at radius 2 is 2.24 bits per heavy atom. The van der Waals surface area contributed by atoms with E-state index in [9.17, 15) is 0 Å². The number of nitrogens with one attached hydrogen (secondary N) is 1. The maximum Gasteiger partial charge on any atom is 0.127 e. The van der Waals surface area contributed by atoms with Crippen molar-refractivity contribution < 1.29 is 4.74 Å². The van der Waals surface area contributed by atoms with E-state index in [2.05, 4.69) is 6.07 Å². The zero-order valence-electron chi connectivity index (χ0n) is 10.0. The molecule has 1 aliphatic rings. The first-order valence-electron chi connectivity index (χ1n) is 6.24. The molecule has 91 valence electrons. The molecule has 1 aromatic rings. The standard InChI is InChI=1S/C14H19N2O/c15-14(16)12-6-3-7-13(10-12)17-9-8-11-4-1-2-5-11/h3,6,10-11H,1-2,4-5,8-9H2,(H3,15,16). The van der Waals surface area contributed by atoms with Crippen LogP contribution in [0.15, 0.2) is 18.2 Å². The zero-order chi connectivity index (χ0) is 12.1. The topological polar surface area (TPSA) is 59.1 Å². The number of nitrogens with two attached hydrogens (primary N) is 1. The lowest BCUT2D eigenvalue weighted by atomic mass is 10.1. The number of hydrogen-bond acceptors (Lipinski definition) is 2. The smallest absolute Gasteiger partial charge is 0.127 e. The van der Waals surface area contributed by atoms with Gasteiger partial charge >= 0.3 is 0 Å². The Labute approximate surface area is 102 Å². The van der Waals surface area contributed by atoms with Crippen LogP contribution in [0.4, 0.5) is 0 Å². The second kappa shape index (κ2) is 5.71. The monoisotopic (exact) mass is 231 g/mol. The molecular formula is C14H19N2O. The first-order chi connectivity index (χ1) is 8.25. The predicted molar refractivity (Wildman–Crippen MR) is 68.4 cm³/mol. The van der Waals surface area contributed by atoms with E-state index in [1.165, 1.54) is 25.7 Å². The first-order valence-corrected chi connectivity index (χ1v) is 6.24. The molecule has 3 nitrogen and oxygen atoms in total. The van der Waals surface area contributed by atoms with Crippen molar-refractivity contribution in [1.29, 1.82) is 5.41 Å². The molecule has 0 spiro atoms. The summed E-state index contributed by atoms with van der Waals surface area (Å²) in [7, 11) is 0. The van der Waals surface area contributed by atoms with E-state index in [1.807, 2.05) is 0 Å². The lowest BCUT2D eigenvalue weighted by Crippen LogP contribution is -2.11. The van der Waals surface area contributed by atoms with Crippen molar-refractivity contribution >= 4 is 5.84 Å². The van der Waals surface area contributed by atoms with Crippen molar-refractivity contribution in [2.75, 3.05) is 6.61 Å². The van der Waals surface area contributed by atoms with Crippen molar-refractivity contribution in [3.63, 3.8) is 0 Å². The van der Waals surface area contributed by atoms with E-state index in [1.54, 1.807) is 18.2 Å². The third-order valence-corrected chi connectivity index (χ3v) is 3.34. The van der Waals surface area contributed by atoms with Gasteiger partial charge in [-0.1, -0.05) is 31.7 Å². The highest BCUT2D eigenvalue weighted by atomic mass is 16.5. The second-order valence-electron chi connectivity index (χ2n) is 4.64. The summed E-state index contributed by atoms with van der Waals surface area (Å²) in [5, 5.41) is 7.35. The van der Waals surface area contributed by atoms with Gasteiger partial charge in [0.2, 0.25) is 0 Å². The SMILES string of the molecule is N=C(N)c1cc[c]c(OCCC2CCCC2)c1. The Morgan fingerprint density at radius 1 is 1.47 bits per heavy atom. The van der Waals surface area contributed by atoms with Gasteiger partial charge in [-0.15, -0.1) is 0 Å². The van der Waals surface area contributed by atoms with Crippen LogP contribution in [-0.2, 0) is 0 Å². The summed E-state index contributed by atoms with van der Waals surface area (Å²) >= 11 is 0. The van der Waals surface area contributed by atoms with Gasteiger partial charge in [-0.05, 0) is 24.5 Å². The summed E-state index contributed by atoms with van der Waals surface area (Å²) < 4.78 is 5.65. The van der Waals surface area contributed by atoms with Crippen molar-refractivity contribution in [3.05, 3.63) is 29.8 Å². The average Bonchev–Trinajstić information content (AvgIpc) is 2.82. The highest BCUT2D eigenvalue weighted by molar-refractivity contribution is 5.95. The highest BCUT2D eigenvalue weighted by Gasteiger charge is 2.14. The van der Waals surface area contributed by atoms with E-state index in [-0.39, 0.29) is 5.84 Å². The molecule has 0 heterocycles. The fourth-order valence-corrected chi connectivity index (χ4v) is 2.33. The van der Waals surface area contributed by atoms with Gasteiger partial charge in [0.1, 0.15) is 11.6 Å². The van der Waals surface area contributed by atoms with E-state index >= 15 is 0 Å². The lowest BCUT2D eigenvalue weighted by molar-refractivity contribution is 0.278. The van der Waals surface area contributed by atoms with Crippen LogP contribution in [0.1, 0.15) is 37.7 Å². The molecule has 3 heteroatoms. The number of rotatable bonds is 5. The molecule has 3 N–H and O–H groups in total. The van der Waals surface area contributed by atoms with Crippen LogP contribution in [0.2, 0.25) is 0 Å². The minimum Gasteiger partial charge on any atom is -0.493 e. The van der Waals surface area contributed by atoms with Gasteiger partial charge in [-0.3, -0.25) is 5.41 Å². The van der Waals surface area contributed by atoms with Gasteiger partial charge in [-0.25, -0.2) is 0 Å². The quantitative estimate of drug-likeness (QED) is 0.604. The molecule has 1 radical (unpaired) electrons. The van der Waals surface area contributed by atoms with E-state index in [0.29, 0.717) is 11.3 Å². The average molecular weight is 231 g/mol.